The van der Waals surface area contributed by atoms with Gasteiger partial charge in [-0.25, -0.2) is 9.97 Å². The van der Waals surface area contributed by atoms with Crippen molar-refractivity contribution in [3.63, 3.8) is 0 Å². The minimum Gasteiger partial charge on any atom is -0.294 e. The number of aromatic nitrogens is 5. The highest BCUT2D eigenvalue weighted by atomic mass is 15.1. The summed E-state index contributed by atoms with van der Waals surface area (Å²) in [7, 11) is 0. The molecule has 0 aliphatic carbocycles. The predicted octanol–water partition coefficient (Wildman–Crippen LogP) is 8.35. The zero-order chi connectivity index (χ0) is 26.2. The number of hydrogen-bond acceptors (Lipinski definition) is 3. The Bertz CT molecular complexity index is 2430. The maximum Gasteiger partial charge on any atom is 0.146 e. The molecule has 9 aromatic rings. The fourth-order valence-corrected chi connectivity index (χ4v) is 6.24. The number of rotatable bonds is 2. The molecule has 0 aliphatic heterocycles. The minimum atomic E-state index is 0.880. The molecule has 4 aromatic carbocycles. The lowest BCUT2D eigenvalue weighted by Crippen LogP contribution is -1.99. The molecular weight excluding hydrogens is 490 g/mol. The third-order valence-corrected chi connectivity index (χ3v) is 7.97. The monoisotopic (exact) mass is 511 g/mol. The summed E-state index contributed by atoms with van der Waals surface area (Å²) in [4.78, 5) is 14.5. The van der Waals surface area contributed by atoms with Gasteiger partial charge in [0.25, 0.3) is 0 Å². The third-order valence-electron chi connectivity index (χ3n) is 7.97. The average molecular weight is 512 g/mol. The summed E-state index contributed by atoms with van der Waals surface area (Å²) in [6.45, 7) is 0. The number of para-hydroxylation sites is 3. The molecule has 0 unspecified atom stereocenters. The van der Waals surface area contributed by atoms with E-state index in [0.717, 1.165) is 55.7 Å². The second-order valence-electron chi connectivity index (χ2n) is 10.2. The second kappa shape index (κ2) is 7.98. The standard InChI is InChI=1S/C35H21N5/c1-2-12-25-23(10-1)26-19-32-27(20-33(26)40-31-16-6-4-13-29(31)38-35(25)40)24-11-3-5-15-30(24)39(32)34-17-7-14-28(37-34)22-9-8-18-36-21-22/h1-21H. The van der Waals surface area contributed by atoms with Crippen LogP contribution >= 0.6 is 0 Å². The van der Waals surface area contributed by atoms with Crippen LogP contribution in [-0.2, 0) is 0 Å². The maximum atomic E-state index is 5.12. The van der Waals surface area contributed by atoms with E-state index in [4.69, 9.17) is 9.97 Å². The lowest BCUT2D eigenvalue weighted by molar-refractivity contribution is 1.08. The van der Waals surface area contributed by atoms with Gasteiger partial charge in [-0.2, -0.15) is 0 Å². The Morgan fingerprint density at radius 3 is 2.12 bits per heavy atom. The van der Waals surface area contributed by atoms with Crippen LogP contribution in [0.1, 0.15) is 0 Å². The zero-order valence-electron chi connectivity index (χ0n) is 21.4. The number of pyridine rings is 3. The van der Waals surface area contributed by atoms with Gasteiger partial charge in [-0.1, -0.05) is 60.7 Å². The molecule has 40 heavy (non-hydrogen) atoms. The lowest BCUT2D eigenvalue weighted by atomic mass is 10.0. The minimum absolute atomic E-state index is 0.880. The van der Waals surface area contributed by atoms with E-state index in [2.05, 4.69) is 111 Å². The normalized spacial score (nSPS) is 12.0. The number of nitrogens with zero attached hydrogens (tertiary/aromatic N) is 5. The molecule has 5 nitrogen and oxygen atoms in total. The highest BCUT2D eigenvalue weighted by Crippen LogP contribution is 2.39. The van der Waals surface area contributed by atoms with Crippen molar-refractivity contribution < 1.29 is 0 Å². The Hall–Kier alpha value is -5.55. The SMILES string of the molecule is c1cncc(-c2cccc(-n3c4ccccc4c4cc5c(cc43)c3ccccc3c3nc4ccccc4n53)n2)c1. The zero-order valence-corrected chi connectivity index (χ0v) is 21.4. The molecule has 0 N–H and O–H groups in total. The fraction of sp³-hybridized carbons (Fsp3) is 0. The van der Waals surface area contributed by atoms with Gasteiger partial charge in [-0.05, 0) is 60.0 Å². The second-order valence-corrected chi connectivity index (χ2v) is 10.2. The summed E-state index contributed by atoms with van der Waals surface area (Å²) >= 11 is 0. The van der Waals surface area contributed by atoms with Crippen molar-refractivity contribution in [2.24, 2.45) is 0 Å². The molecule has 5 aromatic heterocycles. The molecular formula is C35H21N5. The number of benzene rings is 4. The van der Waals surface area contributed by atoms with E-state index in [1.807, 2.05) is 24.4 Å². The number of fused-ring (bicyclic) bond motifs is 11. The van der Waals surface area contributed by atoms with Crippen LogP contribution < -0.4 is 0 Å². The lowest BCUT2D eigenvalue weighted by Gasteiger charge is -2.12. The highest BCUT2D eigenvalue weighted by Gasteiger charge is 2.19. The van der Waals surface area contributed by atoms with Crippen LogP contribution in [0.5, 0.6) is 0 Å². The van der Waals surface area contributed by atoms with Crippen molar-refractivity contribution in [3.8, 4) is 17.1 Å². The van der Waals surface area contributed by atoms with Crippen LogP contribution in [0.15, 0.2) is 128 Å². The molecule has 0 amide bonds. The van der Waals surface area contributed by atoms with Gasteiger partial charge in [0.2, 0.25) is 0 Å². The van der Waals surface area contributed by atoms with E-state index < -0.39 is 0 Å². The fourth-order valence-electron chi connectivity index (χ4n) is 6.24. The van der Waals surface area contributed by atoms with Crippen molar-refractivity contribution in [2.45, 2.75) is 0 Å². The largest absolute Gasteiger partial charge is 0.294 e. The van der Waals surface area contributed by atoms with Gasteiger partial charge in [-0.3, -0.25) is 14.0 Å². The molecule has 0 fully saturated rings. The first-order valence-electron chi connectivity index (χ1n) is 13.4. The summed E-state index contributed by atoms with van der Waals surface area (Å²) < 4.78 is 4.61. The van der Waals surface area contributed by atoms with E-state index in [1.54, 1.807) is 6.20 Å². The Kier molecular flexibility index (Phi) is 4.27. The van der Waals surface area contributed by atoms with E-state index in [-0.39, 0.29) is 0 Å². The number of imidazole rings is 1. The Morgan fingerprint density at radius 2 is 1.25 bits per heavy atom. The summed E-state index contributed by atoms with van der Waals surface area (Å²) in [6, 6.07) is 40.4. The van der Waals surface area contributed by atoms with Crippen molar-refractivity contribution in [3.05, 3.63) is 128 Å². The summed E-state index contributed by atoms with van der Waals surface area (Å²) in [5, 5.41) is 5.90. The van der Waals surface area contributed by atoms with Gasteiger partial charge in [0, 0.05) is 39.5 Å². The maximum absolute atomic E-state index is 5.12. The third kappa shape index (κ3) is 2.89. The molecule has 0 atom stereocenters. The van der Waals surface area contributed by atoms with Crippen LogP contribution in [0, 0.1) is 0 Å². The quantitative estimate of drug-likeness (QED) is 0.219. The van der Waals surface area contributed by atoms with Crippen LogP contribution in [0.4, 0.5) is 0 Å². The highest BCUT2D eigenvalue weighted by molar-refractivity contribution is 6.20. The summed E-state index contributed by atoms with van der Waals surface area (Å²) in [6.07, 6.45) is 3.65. The average Bonchev–Trinajstić information content (AvgIpc) is 3.57. The van der Waals surface area contributed by atoms with Crippen LogP contribution in [0.2, 0.25) is 0 Å². The summed E-state index contributed by atoms with van der Waals surface area (Å²) in [5.74, 6) is 0.880. The molecule has 0 saturated carbocycles. The predicted molar refractivity (Wildman–Crippen MR) is 163 cm³/mol. The first-order valence-corrected chi connectivity index (χ1v) is 13.4. The smallest absolute Gasteiger partial charge is 0.146 e. The Morgan fingerprint density at radius 1 is 0.500 bits per heavy atom. The van der Waals surface area contributed by atoms with Crippen molar-refractivity contribution in [2.75, 3.05) is 0 Å². The molecule has 186 valence electrons. The van der Waals surface area contributed by atoms with Crippen LogP contribution in [-0.4, -0.2) is 23.9 Å². The molecule has 0 saturated heterocycles. The van der Waals surface area contributed by atoms with Crippen molar-refractivity contribution in [1.29, 1.82) is 0 Å². The van der Waals surface area contributed by atoms with E-state index in [9.17, 15) is 0 Å². The van der Waals surface area contributed by atoms with Gasteiger partial charge in [0.15, 0.2) is 0 Å². The van der Waals surface area contributed by atoms with Gasteiger partial charge in [0.05, 0.1) is 33.3 Å². The van der Waals surface area contributed by atoms with Crippen molar-refractivity contribution in [1.82, 2.24) is 23.9 Å². The van der Waals surface area contributed by atoms with Gasteiger partial charge >= 0.3 is 0 Å². The molecule has 0 aliphatic rings. The molecule has 0 radical (unpaired) electrons. The van der Waals surface area contributed by atoms with E-state index >= 15 is 0 Å². The van der Waals surface area contributed by atoms with E-state index in [0.29, 0.717) is 0 Å². The Balaban J connectivity index is 1.46. The van der Waals surface area contributed by atoms with Gasteiger partial charge < -0.3 is 0 Å². The molecule has 5 heteroatoms. The molecule has 0 bridgehead atoms. The van der Waals surface area contributed by atoms with Crippen LogP contribution in [0.25, 0.3) is 77.2 Å². The van der Waals surface area contributed by atoms with Gasteiger partial charge in [0.1, 0.15) is 11.5 Å². The topological polar surface area (TPSA) is 48.0 Å². The van der Waals surface area contributed by atoms with Crippen molar-refractivity contribution >= 4 is 60.2 Å². The number of hydrogen-bond donors (Lipinski definition) is 0. The van der Waals surface area contributed by atoms with E-state index in [1.165, 1.54) is 21.5 Å². The Labute approximate surface area is 228 Å². The molecule has 5 heterocycles. The molecule has 0 spiro atoms. The summed E-state index contributed by atoms with van der Waals surface area (Å²) in [5.41, 5.74) is 8.39. The van der Waals surface area contributed by atoms with Gasteiger partial charge in [-0.15, -0.1) is 0 Å². The van der Waals surface area contributed by atoms with Crippen LogP contribution in [0.3, 0.4) is 0 Å². The first-order chi connectivity index (χ1) is 19.8. The molecule has 9 rings (SSSR count). The first kappa shape index (κ1) is 21.4.